The number of benzene rings is 1. The van der Waals surface area contributed by atoms with Crippen LogP contribution in [0.15, 0.2) is 18.2 Å². The molecule has 0 saturated carbocycles. The van der Waals surface area contributed by atoms with E-state index in [1.165, 1.54) is 11.1 Å². The highest BCUT2D eigenvalue weighted by molar-refractivity contribution is 6.31. The second-order valence-corrected chi connectivity index (χ2v) is 3.79. The van der Waals surface area contributed by atoms with Crippen LogP contribution in [0.1, 0.15) is 17.5 Å². The largest absolute Gasteiger partial charge is 0.327 e. The van der Waals surface area contributed by atoms with Crippen molar-refractivity contribution in [3.63, 3.8) is 0 Å². The highest BCUT2D eigenvalue weighted by Gasteiger charge is 2.16. The number of rotatable bonds is 0. The van der Waals surface area contributed by atoms with E-state index in [1.807, 2.05) is 12.1 Å². The van der Waals surface area contributed by atoms with Crippen LogP contribution in [0.2, 0.25) is 5.02 Å². The summed E-state index contributed by atoms with van der Waals surface area (Å²) in [5.74, 6) is 0. The van der Waals surface area contributed by atoms with Gasteiger partial charge in [0.25, 0.3) is 0 Å². The van der Waals surface area contributed by atoms with Crippen molar-refractivity contribution in [3.05, 3.63) is 34.3 Å². The monoisotopic (exact) mass is 181 g/mol. The molecule has 2 rings (SSSR count). The zero-order valence-corrected chi connectivity index (χ0v) is 7.64. The number of aryl methyl sites for hydroxylation is 1. The summed E-state index contributed by atoms with van der Waals surface area (Å²) in [6, 6.07) is 6.40. The second kappa shape index (κ2) is 3.08. The first-order valence-electron chi connectivity index (χ1n) is 4.29. The molecule has 1 aromatic carbocycles. The van der Waals surface area contributed by atoms with Crippen LogP contribution in [0, 0.1) is 0 Å². The van der Waals surface area contributed by atoms with Crippen molar-refractivity contribution in [1.29, 1.82) is 0 Å². The molecule has 0 heterocycles. The van der Waals surface area contributed by atoms with E-state index in [2.05, 4.69) is 6.07 Å². The van der Waals surface area contributed by atoms with Gasteiger partial charge in [-0.25, -0.2) is 0 Å². The normalized spacial score (nSPS) is 22.0. The number of hydrogen-bond acceptors (Lipinski definition) is 1. The molecule has 0 aliphatic heterocycles. The smallest absolute Gasteiger partial charge is 0.0441 e. The average Bonchev–Trinajstić information content (AvgIpc) is 2.07. The Hall–Kier alpha value is -0.530. The summed E-state index contributed by atoms with van der Waals surface area (Å²) in [6.45, 7) is 0. The number of nitrogens with two attached hydrogens (primary N) is 1. The molecule has 0 saturated heterocycles. The molecule has 1 atom stereocenters. The summed E-state index contributed by atoms with van der Waals surface area (Å²) < 4.78 is 0. The second-order valence-electron chi connectivity index (χ2n) is 3.38. The van der Waals surface area contributed by atoms with Crippen molar-refractivity contribution in [2.24, 2.45) is 5.73 Å². The Morgan fingerprint density at radius 1 is 1.42 bits per heavy atom. The fourth-order valence-corrected chi connectivity index (χ4v) is 2.04. The van der Waals surface area contributed by atoms with Crippen molar-refractivity contribution >= 4 is 11.6 Å². The highest BCUT2D eigenvalue weighted by atomic mass is 35.5. The van der Waals surface area contributed by atoms with Crippen LogP contribution in [-0.4, -0.2) is 6.04 Å². The third kappa shape index (κ3) is 1.35. The first kappa shape index (κ1) is 8.09. The van der Waals surface area contributed by atoms with Gasteiger partial charge in [0.15, 0.2) is 0 Å². The Morgan fingerprint density at radius 3 is 3.08 bits per heavy atom. The van der Waals surface area contributed by atoms with Gasteiger partial charge in [-0.3, -0.25) is 0 Å². The lowest BCUT2D eigenvalue weighted by atomic mass is 9.89. The first-order valence-corrected chi connectivity index (χ1v) is 4.67. The summed E-state index contributed by atoms with van der Waals surface area (Å²) in [5, 5.41) is 0.877. The average molecular weight is 182 g/mol. The third-order valence-electron chi connectivity index (χ3n) is 2.47. The molecule has 2 N–H and O–H groups in total. The quantitative estimate of drug-likeness (QED) is 0.652. The topological polar surface area (TPSA) is 26.0 Å². The number of hydrogen-bond donors (Lipinski definition) is 1. The molecule has 1 nitrogen and oxygen atoms in total. The van der Waals surface area contributed by atoms with Crippen molar-refractivity contribution in [2.75, 3.05) is 0 Å². The first-order chi connectivity index (χ1) is 5.77. The molecule has 1 aromatic rings. The van der Waals surface area contributed by atoms with Gasteiger partial charge in [0.05, 0.1) is 0 Å². The maximum absolute atomic E-state index is 6.05. The van der Waals surface area contributed by atoms with Crippen molar-refractivity contribution in [1.82, 2.24) is 0 Å². The van der Waals surface area contributed by atoms with Gasteiger partial charge in [-0.05, 0) is 36.5 Å². The highest BCUT2D eigenvalue weighted by Crippen LogP contribution is 2.26. The van der Waals surface area contributed by atoms with Crippen LogP contribution >= 0.6 is 11.6 Å². The summed E-state index contributed by atoms with van der Waals surface area (Å²) in [7, 11) is 0. The number of fused-ring (bicyclic) bond motifs is 1. The van der Waals surface area contributed by atoms with Gasteiger partial charge < -0.3 is 5.73 Å². The van der Waals surface area contributed by atoms with Gasteiger partial charge in [-0.1, -0.05) is 23.7 Å². The fraction of sp³-hybridized carbons (Fsp3) is 0.400. The molecule has 0 aromatic heterocycles. The van der Waals surface area contributed by atoms with Gasteiger partial charge in [0.2, 0.25) is 0 Å². The van der Waals surface area contributed by atoms with E-state index in [0.717, 1.165) is 24.3 Å². The summed E-state index contributed by atoms with van der Waals surface area (Å²) in [4.78, 5) is 0. The lowest BCUT2D eigenvalue weighted by molar-refractivity contribution is 0.576. The zero-order chi connectivity index (χ0) is 8.55. The molecule has 0 spiro atoms. The predicted octanol–water partition coefficient (Wildman–Crippen LogP) is 2.16. The van der Waals surface area contributed by atoms with E-state index in [-0.39, 0.29) is 0 Å². The minimum Gasteiger partial charge on any atom is -0.327 e. The van der Waals surface area contributed by atoms with Gasteiger partial charge in [-0.15, -0.1) is 0 Å². The van der Waals surface area contributed by atoms with E-state index in [4.69, 9.17) is 17.3 Å². The molecule has 0 radical (unpaired) electrons. The van der Waals surface area contributed by atoms with Crippen molar-refractivity contribution in [3.8, 4) is 0 Å². The Balaban J connectivity index is 2.43. The van der Waals surface area contributed by atoms with Crippen LogP contribution in [0.5, 0.6) is 0 Å². The molecule has 0 fully saturated rings. The molecule has 64 valence electrons. The van der Waals surface area contributed by atoms with Gasteiger partial charge in [0, 0.05) is 11.1 Å². The summed E-state index contributed by atoms with van der Waals surface area (Å²) in [5.41, 5.74) is 8.50. The lowest BCUT2D eigenvalue weighted by Crippen LogP contribution is -2.27. The van der Waals surface area contributed by atoms with Crippen LogP contribution in [-0.2, 0) is 12.8 Å². The molecule has 0 unspecified atom stereocenters. The SMILES string of the molecule is N[C@@H]1CCc2cccc(Cl)c2C1. The molecule has 0 bridgehead atoms. The summed E-state index contributed by atoms with van der Waals surface area (Å²) in [6.07, 6.45) is 3.11. The van der Waals surface area contributed by atoms with Crippen LogP contribution < -0.4 is 5.73 Å². The molecule has 1 aliphatic carbocycles. The maximum Gasteiger partial charge on any atom is 0.0441 e. The number of halogens is 1. The van der Waals surface area contributed by atoms with Crippen molar-refractivity contribution < 1.29 is 0 Å². The Morgan fingerprint density at radius 2 is 2.25 bits per heavy atom. The molecular formula is C10H12ClN. The fourth-order valence-electron chi connectivity index (χ4n) is 1.77. The Bertz CT molecular complexity index is 296. The molecule has 1 aliphatic rings. The minimum atomic E-state index is 0.303. The van der Waals surface area contributed by atoms with E-state index < -0.39 is 0 Å². The molecule has 2 heteroatoms. The van der Waals surface area contributed by atoms with Crippen LogP contribution in [0.4, 0.5) is 0 Å². The Kier molecular flexibility index (Phi) is 2.07. The van der Waals surface area contributed by atoms with Gasteiger partial charge in [-0.2, -0.15) is 0 Å². The third-order valence-corrected chi connectivity index (χ3v) is 2.82. The zero-order valence-electron chi connectivity index (χ0n) is 6.89. The molecular weight excluding hydrogens is 170 g/mol. The molecule has 12 heavy (non-hydrogen) atoms. The minimum absolute atomic E-state index is 0.303. The summed E-state index contributed by atoms with van der Waals surface area (Å²) >= 11 is 6.05. The molecule has 0 amide bonds. The lowest BCUT2D eigenvalue weighted by Gasteiger charge is -2.21. The van der Waals surface area contributed by atoms with Crippen molar-refractivity contribution in [2.45, 2.75) is 25.3 Å². The Labute approximate surface area is 77.5 Å². The van der Waals surface area contributed by atoms with Crippen LogP contribution in [0.3, 0.4) is 0 Å². The van der Waals surface area contributed by atoms with Gasteiger partial charge in [0.1, 0.15) is 0 Å². The standard InChI is InChI=1S/C10H12ClN/c11-10-3-1-2-7-4-5-8(12)6-9(7)10/h1-3,8H,4-6,12H2/t8-/m1/s1. The predicted molar refractivity (Wildman–Crippen MR) is 51.5 cm³/mol. The van der Waals surface area contributed by atoms with Crippen LogP contribution in [0.25, 0.3) is 0 Å². The van der Waals surface area contributed by atoms with E-state index in [1.54, 1.807) is 0 Å². The van der Waals surface area contributed by atoms with E-state index in [0.29, 0.717) is 6.04 Å². The van der Waals surface area contributed by atoms with E-state index >= 15 is 0 Å². The van der Waals surface area contributed by atoms with Gasteiger partial charge >= 0.3 is 0 Å². The van der Waals surface area contributed by atoms with E-state index in [9.17, 15) is 0 Å². The maximum atomic E-state index is 6.05.